The Hall–Kier alpha value is -7.70. The molecule has 0 aliphatic rings. The summed E-state index contributed by atoms with van der Waals surface area (Å²) in [6.45, 7) is 4.09. The van der Waals surface area contributed by atoms with Gasteiger partial charge in [0, 0.05) is 32.7 Å². The number of alkyl halides is 3. The van der Waals surface area contributed by atoms with Gasteiger partial charge in [-0.15, -0.1) is 0 Å². The van der Waals surface area contributed by atoms with Gasteiger partial charge < -0.3 is 9.13 Å². The second-order valence-electron chi connectivity index (χ2n) is 16.1. The highest BCUT2D eigenvalue weighted by molar-refractivity contribution is 6.12. The predicted octanol–water partition coefficient (Wildman–Crippen LogP) is 15.6. The van der Waals surface area contributed by atoms with Crippen molar-refractivity contribution in [1.29, 1.82) is 0 Å². The Morgan fingerprint density at radius 3 is 1.27 bits per heavy atom. The van der Waals surface area contributed by atoms with Gasteiger partial charge in [-0.1, -0.05) is 157 Å². The molecule has 11 rings (SSSR count). The number of fused-ring (bicyclic) bond motifs is 6. The molecule has 0 spiro atoms. The Balaban J connectivity index is 1.29. The maximum atomic E-state index is 16.6. The summed E-state index contributed by atoms with van der Waals surface area (Å²) in [5, 5.41) is 3.45. The van der Waals surface area contributed by atoms with Crippen LogP contribution in [0.25, 0.3) is 99.8 Å². The van der Waals surface area contributed by atoms with Crippen molar-refractivity contribution < 1.29 is 13.2 Å². The van der Waals surface area contributed by atoms with Crippen LogP contribution >= 0.6 is 0 Å². The van der Waals surface area contributed by atoms with Gasteiger partial charge in [-0.3, -0.25) is 0 Å². The van der Waals surface area contributed by atoms with E-state index in [1.165, 1.54) is 0 Å². The zero-order valence-corrected chi connectivity index (χ0v) is 34.0. The molecule has 0 saturated carbocycles. The Morgan fingerprint density at radius 1 is 0.355 bits per heavy atom. The molecule has 0 saturated heterocycles. The van der Waals surface area contributed by atoms with Gasteiger partial charge >= 0.3 is 6.18 Å². The van der Waals surface area contributed by atoms with E-state index >= 15 is 13.2 Å². The van der Waals surface area contributed by atoms with Gasteiger partial charge in [-0.25, -0.2) is 4.98 Å². The van der Waals surface area contributed by atoms with Crippen LogP contribution in [0.4, 0.5) is 13.2 Å². The first-order valence-corrected chi connectivity index (χ1v) is 20.7. The number of para-hydroxylation sites is 2. The number of aromatic nitrogens is 3. The van der Waals surface area contributed by atoms with Crippen molar-refractivity contribution in [3.05, 3.63) is 211 Å². The van der Waals surface area contributed by atoms with Gasteiger partial charge in [0.05, 0.1) is 44.8 Å². The van der Waals surface area contributed by atoms with Crippen molar-refractivity contribution in [3.8, 4) is 56.1 Å². The summed E-state index contributed by atoms with van der Waals surface area (Å²) in [6, 6.07) is 63.1. The molecular weight excluding hydrogens is 772 g/mol. The minimum absolute atomic E-state index is 0.0188. The van der Waals surface area contributed by atoms with E-state index in [4.69, 9.17) is 4.98 Å². The molecule has 3 heterocycles. The summed E-state index contributed by atoms with van der Waals surface area (Å²) in [4.78, 5) is 5.12. The van der Waals surface area contributed by atoms with Crippen LogP contribution in [-0.2, 0) is 6.18 Å². The number of halogens is 3. The molecule has 0 fully saturated rings. The quantitative estimate of drug-likeness (QED) is 0.164. The fourth-order valence-electron chi connectivity index (χ4n) is 9.24. The van der Waals surface area contributed by atoms with E-state index in [-0.39, 0.29) is 11.4 Å². The molecule has 62 heavy (non-hydrogen) atoms. The van der Waals surface area contributed by atoms with Crippen molar-refractivity contribution in [1.82, 2.24) is 14.1 Å². The largest absolute Gasteiger partial charge is 0.420 e. The molecule has 3 nitrogen and oxygen atoms in total. The third-order valence-corrected chi connectivity index (χ3v) is 12.0. The fourth-order valence-corrected chi connectivity index (χ4v) is 9.24. The first kappa shape index (κ1) is 37.3. The van der Waals surface area contributed by atoms with E-state index in [1.807, 2.05) is 181 Å². The van der Waals surface area contributed by atoms with Crippen molar-refractivity contribution in [2.75, 3.05) is 0 Å². The predicted molar refractivity (Wildman–Crippen MR) is 249 cm³/mol. The maximum Gasteiger partial charge on any atom is 0.420 e. The van der Waals surface area contributed by atoms with Gasteiger partial charge in [-0.05, 0) is 84.6 Å². The first-order chi connectivity index (χ1) is 30.2. The average molecular weight is 810 g/mol. The smallest absolute Gasteiger partial charge is 0.309 e. The molecule has 0 aliphatic carbocycles. The number of benzene rings is 8. The number of pyridine rings is 1. The van der Waals surface area contributed by atoms with Crippen LogP contribution in [0.3, 0.4) is 0 Å². The lowest BCUT2D eigenvalue weighted by molar-refractivity contribution is -0.137. The van der Waals surface area contributed by atoms with Crippen molar-refractivity contribution >= 4 is 43.6 Å². The number of nitrogens with zero attached hydrogens (tertiary/aromatic N) is 3. The molecule has 0 aliphatic heterocycles. The Kier molecular flexibility index (Phi) is 8.72. The molecule has 0 bridgehead atoms. The highest BCUT2D eigenvalue weighted by Crippen LogP contribution is 2.47. The van der Waals surface area contributed by atoms with Gasteiger partial charge in [0.25, 0.3) is 0 Å². The normalized spacial score (nSPS) is 12.0. The molecule has 8 aromatic carbocycles. The van der Waals surface area contributed by atoms with E-state index in [1.54, 1.807) is 12.1 Å². The van der Waals surface area contributed by atoms with E-state index in [0.29, 0.717) is 33.3 Å². The van der Waals surface area contributed by atoms with E-state index in [2.05, 4.69) is 24.3 Å². The molecule has 3 aromatic heterocycles. The van der Waals surface area contributed by atoms with Crippen molar-refractivity contribution in [2.45, 2.75) is 20.0 Å². The minimum atomic E-state index is -4.79. The maximum absolute atomic E-state index is 16.6. The molecule has 0 atom stereocenters. The first-order valence-electron chi connectivity index (χ1n) is 20.7. The summed E-state index contributed by atoms with van der Waals surface area (Å²) in [7, 11) is 0. The third kappa shape index (κ3) is 6.26. The lowest BCUT2D eigenvalue weighted by Gasteiger charge is -2.23. The fraction of sp³-hybridized carbons (Fsp3) is 0.0536. The van der Waals surface area contributed by atoms with Gasteiger partial charge in [0.2, 0.25) is 0 Å². The van der Waals surface area contributed by atoms with E-state index in [9.17, 15) is 0 Å². The van der Waals surface area contributed by atoms with Crippen LogP contribution in [0, 0.1) is 13.8 Å². The summed E-state index contributed by atoms with van der Waals surface area (Å²) < 4.78 is 53.6. The SMILES string of the molecule is Cc1cccc(-c2ccc3c4ccccc4n(-c4cc(-c5cccc(-c6ccccc6)n5)cc(-n5c6ccccc6c6ccc(-c7cccc(C)c7)cc65)c4C(F)(F)F)c3c2)c1. The van der Waals surface area contributed by atoms with Gasteiger partial charge in [0.15, 0.2) is 0 Å². The number of hydrogen-bond donors (Lipinski definition) is 0. The second kappa shape index (κ2) is 14.5. The number of hydrogen-bond acceptors (Lipinski definition) is 1. The van der Waals surface area contributed by atoms with Crippen LogP contribution < -0.4 is 0 Å². The number of rotatable bonds is 6. The Bertz CT molecular complexity index is 3350. The monoisotopic (exact) mass is 809 g/mol. The third-order valence-electron chi connectivity index (χ3n) is 12.0. The van der Waals surface area contributed by atoms with Crippen molar-refractivity contribution in [3.63, 3.8) is 0 Å². The van der Waals surface area contributed by atoms with Gasteiger partial charge in [-0.2, -0.15) is 13.2 Å². The van der Waals surface area contributed by atoms with Crippen molar-refractivity contribution in [2.24, 2.45) is 0 Å². The molecular formula is C56H38F3N3. The molecule has 11 aromatic rings. The average Bonchev–Trinajstić information content (AvgIpc) is 3.80. The van der Waals surface area contributed by atoms with Crippen LogP contribution in [0.5, 0.6) is 0 Å². The summed E-state index contributed by atoms with van der Waals surface area (Å²) >= 11 is 0. The second-order valence-corrected chi connectivity index (χ2v) is 16.1. The van der Waals surface area contributed by atoms with Gasteiger partial charge in [0.1, 0.15) is 5.56 Å². The topological polar surface area (TPSA) is 22.8 Å². The standard InChI is InChI=1S/C56H38F3N3/c1-35-13-10-17-38(29-35)40-25-27-45-43-19-6-8-23-49(43)61(51(45)31-40)53-33-42(48-22-12-21-47(60-48)37-15-4-3-5-16-37)34-54(55(53)56(57,58)59)62-50-24-9-7-20-44(50)46-28-26-41(32-52(46)62)39-18-11-14-36(2)30-39/h3-34H,1-2H3. The highest BCUT2D eigenvalue weighted by atomic mass is 19.4. The summed E-state index contributed by atoms with van der Waals surface area (Å²) in [6.07, 6.45) is -4.79. The Labute approximate surface area is 356 Å². The molecule has 0 amide bonds. The molecule has 0 radical (unpaired) electrons. The molecule has 0 unspecified atom stereocenters. The summed E-state index contributed by atoms with van der Waals surface area (Å²) in [5.74, 6) is 0. The molecule has 6 heteroatoms. The van der Waals surface area contributed by atoms with Crippen LogP contribution in [-0.4, -0.2) is 14.1 Å². The van der Waals surface area contributed by atoms with Crippen LogP contribution in [0.1, 0.15) is 16.7 Å². The Morgan fingerprint density at radius 2 is 0.774 bits per heavy atom. The molecule has 298 valence electrons. The lowest BCUT2D eigenvalue weighted by Crippen LogP contribution is -2.16. The summed E-state index contributed by atoms with van der Waals surface area (Å²) in [5.41, 5.74) is 10.8. The molecule has 0 N–H and O–H groups in total. The van der Waals surface area contributed by atoms with E-state index < -0.39 is 11.7 Å². The zero-order chi connectivity index (χ0) is 42.1. The zero-order valence-electron chi connectivity index (χ0n) is 34.0. The highest BCUT2D eigenvalue weighted by Gasteiger charge is 2.39. The van der Waals surface area contributed by atoms with Crippen LogP contribution in [0.2, 0.25) is 0 Å². The minimum Gasteiger partial charge on any atom is -0.309 e. The van der Waals surface area contributed by atoms with E-state index in [0.717, 1.165) is 66.2 Å². The lowest BCUT2D eigenvalue weighted by atomic mass is 10.00. The number of aryl methyl sites for hydroxylation is 2. The van der Waals surface area contributed by atoms with Crippen LogP contribution in [0.15, 0.2) is 194 Å².